The van der Waals surface area contributed by atoms with Crippen LogP contribution in [0.5, 0.6) is 0 Å². The Kier molecular flexibility index (Phi) is 43.9. The molecule has 6 radical (unpaired) electrons. The summed E-state index contributed by atoms with van der Waals surface area (Å²) in [5.41, 5.74) is 9.65. The van der Waals surface area contributed by atoms with Crippen LogP contribution in [-0.4, -0.2) is 40.9 Å². The van der Waals surface area contributed by atoms with Gasteiger partial charge in [-0.25, -0.2) is 31.0 Å². The largest absolute Gasteiger partial charge is 0.512 e. The van der Waals surface area contributed by atoms with Crippen molar-refractivity contribution in [3.63, 3.8) is 0 Å². The third kappa shape index (κ3) is 30.1. The number of aromatic nitrogens is 5. The molecule has 0 spiro atoms. The van der Waals surface area contributed by atoms with E-state index in [0.717, 1.165) is 68.7 Å². The molecule has 0 unspecified atom stereocenters. The van der Waals surface area contributed by atoms with Gasteiger partial charge in [0.2, 0.25) is 0 Å². The summed E-state index contributed by atoms with van der Waals surface area (Å²) in [6.07, 6.45) is 9.22. The average Bonchev–Trinajstić information content (AvgIpc) is 0.723. The van der Waals surface area contributed by atoms with E-state index in [1.165, 1.54) is 80.6 Å². The molecule has 0 aliphatic heterocycles. The summed E-state index contributed by atoms with van der Waals surface area (Å²) in [5, 5.41) is 18.6. The summed E-state index contributed by atoms with van der Waals surface area (Å²) in [6, 6.07) is 92.5. The van der Waals surface area contributed by atoms with E-state index in [2.05, 4.69) is 79.5 Å². The van der Waals surface area contributed by atoms with Crippen molar-refractivity contribution in [3.05, 3.63) is 415 Å². The number of carbonyl (C=O) groups is 1. The average molecular weight is 2600 g/mol. The molecule has 0 atom stereocenters. The van der Waals surface area contributed by atoms with Crippen molar-refractivity contribution in [3.8, 4) is 78.5 Å². The van der Waals surface area contributed by atoms with Crippen molar-refractivity contribution in [2.75, 3.05) is 0 Å². The molecule has 0 bridgehead atoms. The number of rotatable bonds is 8. The molecule has 15 aromatic rings. The number of aliphatic hydroxyl groups excluding tert-OH is 2. The van der Waals surface area contributed by atoms with Crippen molar-refractivity contribution >= 4 is 16.6 Å². The fourth-order valence-corrected chi connectivity index (χ4v) is 9.96. The van der Waals surface area contributed by atoms with Crippen LogP contribution >= 0.6 is 0 Å². The second-order valence-electron chi connectivity index (χ2n) is 22.7. The topological polar surface area (TPSA) is 122 Å². The number of halogens is 10. The number of aliphatic hydroxyl groups is 2. The van der Waals surface area contributed by atoms with Crippen molar-refractivity contribution in [1.82, 2.24) is 24.9 Å². The van der Waals surface area contributed by atoms with E-state index >= 15 is 0 Å². The number of allylic oxidation sites excluding steroid dienone is 2. The molecule has 0 saturated carbocycles. The second-order valence-corrected chi connectivity index (χ2v) is 22.7. The molecule has 2 N–H and O–H groups in total. The molecule has 594 valence electrons. The zero-order valence-electron chi connectivity index (χ0n) is 59.2. The van der Waals surface area contributed by atoms with Crippen LogP contribution in [0.1, 0.15) is 30.5 Å². The first-order valence-corrected chi connectivity index (χ1v) is 32.6. The van der Waals surface area contributed by atoms with Gasteiger partial charge in [0.1, 0.15) is 0 Å². The van der Waals surface area contributed by atoms with Crippen molar-refractivity contribution < 1.29 is 180 Å². The molecule has 5 heterocycles. The molecule has 0 amide bonds. The Morgan fingerprint density at radius 2 is 0.772 bits per heavy atom. The summed E-state index contributed by atoms with van der Waals surface area (Å²) in [7, 11) is 0. The normalized spacial score (nSPS) is 10.5. The van der Waals surface area contributed by atoms with Crippen LogP contribution in [0, 0.1) is 101 Å². The van der Waals surface area contributed by atoms with Gasteiger partial charge in [0, 0.05) is 210 Å². The number of ketones is 1. The van der Waals surface area contributed by atoms with Gasteiger partial charge in [0.25, 0.3) is 5.92 Å². The van der Waals surface area contributed by atoms with E-state index in [1.54, 1.807) is 128 Å². The quantitative estimate of drug-likeness (QED) is 0.0668. The van der Waals surface area contributed by atoms with Gasteiger partial charge in [-0.15, -0.1) is 150 Å². The van der Waals surface area contributed by atoms with Crippen LogP contribution < -0.4 is 0 Å². The number of hydrogen-bond donors (Lipinski definition) is 2. The number of carbonyl (C=O) groups excluding carboxylic acids is 1. The molecule has 114 heavy (non-hydrogen) atoms. The summed E-state index contributed by atoms with van der Waals surface area (Å²) in [5.74, 6) is -6.76. The van der Waals surface area contributed by atoms with E-state index in [0.29, 0.717) is 39.3 Å². The Morgan fingerprint density at radius 1 is 0.368 bits per heavy atom. The monoisotopic (exact) mass is 2600 g/mol. The first-order valence-electron chi connectivity index (χ1n) is 32.6. The summed E-state index contributed by atoms with van der Waals surface area (Å²) < 4.78 is 131. The van der Waals surface area contributed by atoms with Crippen molar-refractivity contribution in [2.24, 2.45) is 0 Å². The Bertz CT molecular complexity index is 5090. The molecule has 0 saturated heterocycles. The van der Waals surface area contributed by atoms with Gasteiger partial charge in [0.15, 0.2) is 5.78 Å². The standard InChI is InChI=1S/C16H8F2N.C12H9FNO.2C12H7F.2C11H6F2N.C11H7FN.C5H8O2.6Ir/c17-16(18)12-6-2-1-5-11(12)15-14-10(8-9-19-15)4-3-7-13(14)16;13-11-3-1-10(2-4-11)12-7-9(8-15)5-6-14-12;2*13-12-8-6-11(7-9-12)10-4-2-1-3-5-10;2*12-8-4-5-9(10(13)7-8)11-3-1-2-6-14-11;12-10-6-4-9(5-7-10)11-3-1-2-8-13-11;1-4(6)3-5(2)7;;;;;;/h1-4,6-9H;1,3-7,15H,8H2;2*1-4,6,8-9H;2*1-4,6-7H;1-4,6-8H;3,6H,1-2H3;;;;;;/q2*-1;2*-2;3*-1;;;;;;;. The SMILES string of the molecule is CC(=O)C=C(C)O.FC1(F)c2ccc[c-]c2-c2nccc3cccc1c23.Fc1c[c-]c(-c2[c-]cccc2)cc1.Fc1c[c-]c(-c2[c-]cccc2)cc1.Fc1c[c-]c(-c2ccccn2)c(F)c1.Fc1c[c-]c(-c2ccccn2)c(F)c1.Fc1c[c-]c(-c2ccccn2)cc1.OCc1ccnc(-c2[c-]cc(F)cc2)c1.[Ir].[Ir].[Ir].[Ir].[Ir].[Ir]. The zero-order chi connectivity index (χ0) is 76.8. The number of fused-ring (bicyclic) bond motifs is 2. The molecule has 0 fully saturated rings. The zero-order valence-corrected chi connectivity index (χ0v) is 73.6. The molecule has 24 heteroatoms. The van der Waals surface area contributed by atoms with Crippen LogP contribution in [0.25, 0.3) is 89.3 Å². The van der Waals surface area contributed by atoms with E-state index in [9.17, 15) is 48.7 Å². The molecular formula is C90H58F10Ir6N5O3-9. The summed E-state index contributed by atoms with van der Waals surface area (Å²) in [4.78, 5) is 30.4. The van der Waals surface area contributed by atoms with Gasteiger partial charge in [-0.05, 0) is 89.0 Å². The van der Waals surface area contributed by atoms with Crippen molar-refractivity contribution in [2.45, 2.75) is 26.4 Å². The first-order chi connectivity index (χ1) is 52.2. The first kappa shape index (κ1) is 98.8. The molecule has 8 nitrogen and oxygen atoms in total. The van der Waals surface area contributed by atoms with Gasteiger partial charge in [-0.1, -0.05) is 89.5 Å². The maximum atomic E-state index is 14.6. The third-order valence-corrected chi connectivity index (χ3v) is 14.9. The number of pyridine rings is 5. The molecule has 1 aliphatic carbocycles. The van der Waals surface area contributed by atoms with Gasteiger partial charge < -0.3 is 35.1 Å². The smallest absolute Gasteiger partial charge is 0.266 e. The maximum absolute atomic E-state index is 14.6. The van der Waals surface area contributed by atoms with Crippen LogP contribution in [0.3, 0.4) is 0 Å². The maximum Gasteiger partial charge on any atom is 0.266 e. The van der Waals surface area contributed by atoms with Crippen LogP contribution in [0.2, 0.25) is 0 Å². The van der Waals surface area contributed by atoms with Crippen LogP contribution in [0.4, 0.5) is 43.9 Å². The molecule has 1 aliphatic rings. The Balaban J connectivity index is 0.000000338. The Labute approximate surface area is 734 Å². The molecule has 16 rings (SSSR count). The van der Waals surface area contributed by atoms with Crippen molar-refractivity contribution in [1.29, 1.82) is 0 Å². The Morgan fingerprint density at radius 3 is 1.17 bits per heavy atom. The Hall–Kier alpha value is -9.42. The van der Waals surface area contributed by atoms with Gasteiger partial charge in [-0.3, -0.25) is 39.9 Å². The van der Waals surface area contributed by atoms with E-state index < -0.39 is 29.2 Å². The molecular weight excluding hydrogens is 2540 g/mol. The fourth-order valence-electron chi connectivity index (χ4n) is 9.96. The van der Waals surface area contributed by atoms with E-state index in [4.69, 9.17) is 10.2 Å². The number of hydrogen-bond acceptors (Lipinski definition) is 8. The van der Waals surface area contributed by atoms with E-state index in [1.807, 2.05) is 72.8 Å². The fraction of sp³-hybridized carbons (Fsp3) is 0.0444. The molecule has 10 aromatic carbocycles. The predicted molar refractivity (Wildman–Crippen MR) is 395 cm³/mol. The van der Waals surface area contributed by atoms with Gasteiger partial charge in [-0.2, -0.15) is 72.8 Å². The van der Waals surface area contributed by atoms with E-state index in [-0.39, 0.29) is 184 Å². The number of alkyl halides is 2. The minimum absolute atomic E-state index is 0. The number of benzene rings is 10. The predicted octanol–water partition coefficient (Wildman–Crippen LogP) is 21.9. The van der Waals surface area contributed by atoms with Gasteiger partial charge >= 0.3 is 0 Å². The number of nitrogens with zero attached hydrogens (tertiary/aromatic N) is 5. The summed E-state index contributed by atoms with van der Waals surface area (Å²) in [6.45, 7) is 2.82. The van der Waals surface area contributed by atoms with Gasteiger partial charge in [0.05, 0.1) is 12.4 Å². The second kappa shape index (κ2) is 50.7. The van der Waals surface area contributed by atoms with Crippen LogP contribution in [0.15, 0.2) is 298 Å². The summed E-state index contributed by atoms with van der Waals surface area (Å²) >= 11 is 0. The minimum Gasteiger partial charge on any atom is -0.512 e. The third-order valence-electron chi connectivity index (χ3n) is 14.9. The minimum atomic E-state index is -3.00. The van der Waals surface area contributed by atoms with Crippen LogP contribution in [-0.2, 0) is 138 Å². The molecule has 5 aromatic heterocycles.